The third-order valence-electron chi connectivity index (χ3n) is 15.8. The number of aromatic carboxylic acids is 1. The minimum absolute atomic E-state index is 0. The van der Waals surface area contributed by atoms with Crippen molar-refractivity contribution >= 4 is 65.6 Å². The number of benzene rings is 6. The number of carbonyl (C=O) groups is 3. The summed E-state index contributed by atoms with van der Waals surface area (Å²) in [4.78, 5) is 41.0. The summed E-state index contributed by atoms with van der Waals surface area (Å²) in [6, 6.07) is 39.5. The average Bonchev–Trinajstić information content (AvgIpc) is 4.00. The number of amides is 2. The summed E-state index contributed by atoms with van der Waals surface area (Å²) < 4.78 is 3.40. The molecule has 6 aliphatic rings. The molecule has 12 rings (SSSR count). The Labute approximate surface area is 446 Å². The van der Waals surface area contributed by atoms with Gasteiger partial charge in [-0.05, 0) is 239 Å². The second-order valence-corrected chi connectivity index (χ2v) is 23.0. The Balaban J connectivity index is 0.000000132. The molecule has 2 N–H and O–H groups in total. The molecule has 0 spiro atoms. The van der Waals surface area contributed by atoms with Crippen LogP contribution in [0, 0.1) is 41.5 Å². The lowest BCUT2D eigenvalue weighted by atomic mass is 9.92. The number of nitrogens with zero attached hydrogens (tertiary/aromatic N) is 2. The van der Waals surface area contributed by atoms with Gasteiger partial charge in [-0.3, -0.25) is 9.59 Å². The minimum atomic E-state index is -0.867. The number of hydrogen-bond donors (Lipinski definition) is 2. The maximum Gasteiger partial charge on any atom is 0.335 e. The molecule has 6 aromatic rings. The Morgan fingerprint density at radius 2 is 0.859 bits per heavy atom. The molecule has 0 aliphatic carbocycles. The molecule has 2 amide bonds. The molecule has 3 fully saturated rings. The molecule has 6 aromatic carbocycles. The van der Waals surface area contributed by atoms with E-state index in [0.717, 1.165) is 75.8 Å². The largest absolute Gasteiger partial charge is 0.478 e. The van der Waals surface area contributed by atoms with Crippen molar-refractivity contribution in [1.82, 2.24) is 15.1 Å². The maximum atomic E-state index is 13.1. The molecule has 7 nitrogen and oxygen atoms in total. The van der Waals surface area contributed by atoms with E-state index in [-0.39, 0.29) is 31.3 Å². The van der Waals surface area contributed by atoms with Crippen molar-refractivity contribution < 1.29 is 19.5 Å². The van der Waals surface area contributed by atoms with E-state index in [1.165, 1.54) is 73.8 Å². The zero-order chi connectivity index (χ0) is 49.5. The van der Waals surface area contributed by atoms with Gasteiger partial charge in [0.25, 0.3) is 11.8 Å². The summed E-state index contributed by atoms with van der Waals surface area (Å²) >= 11 is 10.7. The predicted molar refractivity (Wildman–Crippen MR) is 298 cm³/mol. The van der Waals surface area contributed by atoms with Crippen LogP contribution in [0.3, 0.4) is 0 Å². The van der Waals surface area contributed by atoms with Crippen LogP contribution in [0.1, 0.15) is 162 Å². The van der Waals surface area contributed by atoms with E-state index in [9.17, 15) is 14.4 Å². The van der Waals surface area contributed by atoms with Crippen molar-refractivity contribution in [1.29, 1.82) is 0 Å². The molecule has 0 aromatic heterocycles. The van der Waals surface area contributed by atoms with Crippen molar-refractivity contribution in [3.8, 4) is 0 Å². The molecule has 370 valence electrons. The Bertz CT molecular complexity index is 2870. The Morgan fingerprint density at radius 1 is 0.465 bits per heavy atom. The Hall–Kier alpha value is -4.87. The van der Waals surface area contributed by atoms with Crippen LogP contribution in [-0.4, -0.2) is 50.8 Å². The zero-order valence-corrected chi connectivity index (χ0v) is 45.7. The number of carboxylic acids is 1. The quantitative estimate of drug-likeness (QED) is 0.184. The van der Waals surface area contributed by atoms with Crippen LogP contribution in [0.15, 0.2) is 123 Å². The highest BCUT2D eigenvalue weighted by molar-refractivity contribution is 9.11. The van der Waals surface area contributed by atoms with Crippen molar-refractivity contribution in [2.75, 3.05) is 0 Å². The fourth-order valence-corrected chi connectivity index (χ4v) is 12.6. The predicted octanol–water partition coefficient (Wildman–Crippen LogP) is 15.4. The van der Waals surface area contributed by atoms with Gasteiger partial charge in [-0.25, -0.2) is 4.79 Å². The number of hydrogen-bond acceptors (Lipinski definition) is 4. The molecule has 10 heteroatoms. The van der Waals surface area contributed by atoms with E-state index in [2.05, 4.69) is 157 Å². The number of carboxylic acid groups (broad SMARTS) is 1. The molecule has 6 atom stereocenters. The highest BCUT2D eigenvalue weighted by Gasteiger charge is 2.44. The number of aryl methyl sites for hydroxylation is 6. The van der Waals surface area contributed by atoms with Gasteiger partial charge in [0.15, 0.2) is 0 Å². The summed E-state index contributed by atoms with van der Waals surface area (Å²) in [6.45, 7) is 12.2. The normalized spacial score (nSPS) is 21.4. The lowest BCUT2D eigenvalue weighted by Crippen LogP contribution is -2.41. The van der Waals surface area contributed by atoms with Crippen molar-refractivity contribution in [3.05, 3.63) is 206 Å². The molecular formula is C61H66Br3N3O4. The first kappa shape index (κ1) is 52.5. The van der Waals surface area contributed by atoms with Crippen molar-refractivity contribution in [2.45, 2.75) is 143 Å². The van der Waals surface area contributed by atoms with Gasteiger partial charge in [0, 0.05) is 48.7 Å². The summed E-state index contributed by atoms with van der Waals surface area (Å²) in [5.41, 5.74) is 17.5. The number of nitrogens with one attached hydrogen (secondary N) is 1. The van der Waals surface area contributed by atoms with E-state index >= 15 is 0 Å². The van der Waals surface area contributed by atoms with Gasteiger partial charge in [0.1, 0.15) is 0 Å². The standard InChI is InChI=1S/2C20H20BrNO.C11H12BrN.C9H10O2.CH4/c2*1-12-3-4-15(9-13(12)2)20(23)22-17-7-8-19(22)18-11-16(21)6-5-14(18)10-17;12-8-2-1-7-5-9-3-4-11(13-9)10(7)6-8;1-6-3-4-8(9(10)11)5-7(6)2;/h2*3-6,9,11,17,19H,7-8,10H2,1-2H3;1-2,6,9,11,13H,3-5H2;3-5H,1-2H3,(H,10,11);1H4/t2*17-,19+;;;/m10.../s1. The number of halogens is 3. The van der Waals surface area contributed by atoms with E-state index in [0.29, 0.717) is 23.7 Å². The van der Waals surface area contributed by atoms with E-state index < -0.39 is 5.97 Å². The summed E-state index contributed by atoms with van der Waals surface area (Å²) in [5, 5.41) is 12.3. The fourth-order valence-electron chi connectivity index (χ4n) is 11.5. The minimum Gasteiger partial charge on any atom is -0.478 e. The van der Waals surface area contributed by atoms with Gasteiger partial charge in [-0.15, -0.1) is 0 Å². The van der Waals surface area contributed by atoms with E-state index in [4.69, 9.17) is 5.11 Å². The third kappa shape index (κ3) is 11.2. The molecule has 6 heterocycles. The topological polar surface area (TPSA) is 90.0 Å². The van der Waals surface area contributed by atoms with Crippen molar-refractivity contribution in [3.63, 3.8) is 0 Å². The number of carbonyl (C=O) groups excluding carboxylic acids is 2. The fraction of sp³-hybridized carbons (Fsp3) is 0.361. The molecule has 0 saturated carbocycles. The van der Waals surface area contributed by atoms with Crippen LogP contribution >= 0.6 is 47.8 Å². The van der Waals surface area contributed by atoms with Gasteiger partial charge in [0.05, 0.1) is 17.6 Å². The molecule has 2 unspecified atom stereocenters. The Kier molecular flexibility index (Phi) is 16.3. The second-order valence-electron chi connectivity index (χ2n) is 20.3. The van der Waals surface area contributed by atoms with Crippen LogP contribution in [-0.2, 0) is 19.3 Å². The van der Waals surface area contributed by atoms with Crippen LogP contribution < -0.4 is 5.32 Å². The SMILES string of the molecule is Brc1ccc2c(c1)C1CCC(C2)N1.C.Cc1ccc(C(=O)N2[C@@H]3CC[C@H]2c2cc(Br)ccc2C3)cc1C.Cc1ccc(C(=O)N2[C@H]3CC[C@@H]2c2cc(Br)ccc2C3)cc1C.Cc1ccc(C(=O)O)cc1C. The second kappa shape index (κ2) is 22.1. The maximum absolute atomic E-state index is 13.1. The summed E-state index contributed by atoms with van der Waals surface area (Å²) in [6.07, 6.45) is 10.2. The van der Waals surface area contributed by atoms with E-state index in [1.54, 1.807) is 17.7 Å². The first-order valence-corrected chi connectivity index (χ1v) is 27.1. The van der Waals surface area contributed by atoms with Gasteiger partial charge in [-0.2, -0.15) is 0 Å². The van der Waals surface area contributed by atoms with Crippen LogP contribution in [0.5, 0.6) is 0 Å². The lowest BCUT2D eigenvalue weighted by Gasteiger charge is -2.36. The number of fused-ring (bicyclic) bond motifs is 12. The zero-order valence-electron chi connectivity index (χ0n) is 40.9. The Morgan fingerprint density at radius 3 is 1.28 bits per heavy atom. The summed E-state index contributed by atoms with van der Waals surface area (Å²) in [5.74, 6) is -0.495. The molecule has 3 saturated heterocycles. The van der Waals surface area contributed by atoms with Gasteiger partial charge >= 0.3 is 5.97 Å². The molecule has 6 aliphatic heterocycles. The summed E-state index contributed by atoms with van der Waals surface area (Å²) in [7, 11) is 0. The van der Waals surface area contributed by atoms with Crippen LogP contribution in [0.4, 0.5) is 0 Å². The van der Waals surface area contributed by atoms with Gasteiger partial charge < -0.3 is 20.2 Å². The number of rotatable bonds is 3. The third-order valence-corrected chi connectivity index (χ3v) is 17.3. The highest BCUT2D eigenvalue weighted by Crippen LogP contribution is 2.47. The van der Waals surface area contributed by atoms with Gasteiger partial charge in [0.2, 0.25) is 0 Å². The molecule has 6 bridgehead atoms. The first-order valence-electron chi connectivity index (χ1n) is 24.7. The monoisotopic (exact) mass is 1140 g/mol. The van der Waals surface area contributed by atoms with Crippen LogP contribution in [0.2, 0.25) is 0 Å². The van der Waals surface area contributed by atoms with E-state index in [1.807, 2.05) is 44.2 Å². The highest BCUT2D eigenvalue weighted by atomic mass is 79.9. The smallest absolute Gasteiger partial charge is 0.335 e. The van der Waals surface area contributed by atoms with Crippen LogP contribution in [0.25, 0.3) is 0 Å². The lowest BCUT2D eigenvalue weighted by molar-refractivity contribution is 0.0638. The first-order chi connectivity index (χ1) is 33.5. The molecule has 0 radical (unpaired) electrons. The molecular weight excluding hydrogens is 1080 g/mol. The van der Waals surface area contributed by atoms with Gasteiger partial charge in [-0.1, -0.05) is 91.6 Å². The van der Waals surface area contributed by atoms with Crippen molar-refractivity contribution in [2.24, 2.45) is 0 Å². The molecule has 71 heavy (non-hydrogen) atoms. The average molecular weight is 1140 g/mol.